The van der Waals surface area contributed by atoms with Crippen molar-refractivity contribution in [1.82, 2.24) is 14.8 Å². The van der Waals surface area contributed by atoms with Crippen molar-refractivity contribution in [1.29, 1.82) is 0 Å². The van der Waals surface area contributed by atoms with Gasteiger partial charge in [-0.25, -0.2) is 13.2 Å². The summed E-state index contributed by atoms with van der Waals surface area (Å²) in [5, 5.41) is 12.2. The van der Waals surface area contributed by atoms with Crippen LogP contribution in [0.4, 0.5) is 26.3 Å². The summed E-state index contributed by atoms with van der Waals surface area (Å²) in [7, 11) is 1.85. The van der Waals surface area contributed by atoms with E-state index in [9.17, 15) is 37.1 Å². The molecule has 2 unspecified atom stereocenters. The van der Waals surface area contributed by atoms with E-state index < -0.39 is 76.6 Å². The second-order valence-corrected chi connectivity index (χ2v) is 13.6. The van der Waals surface area contributed by atoms with Crippen molar-refractivity contribution >= 4 is 11.9 Å². The van der Waals surface area contributed by atoms with Crippen molar-refractivity contribution in [2.45, 2.75) is 84.5 Å². The molecule has 51 heavy (non-hydrogen) atoms. The molecule has 1 fully saturated rings. The molecule has 2 heterocycles. The Kier molecular flexibility index (Phi) is 12.1. The maximum atomic E-state index is 16.7. The number of piperidine rings is 1. The van der Waals surface area contributed by atoms with Gasteiger partial charge in [-0.2, -0.15) is 13.2 Å². The smallest absolute Gasteiger partial charge is 0.416 e. The highest BCUT2D eigenvalue weighted by atomic mass is 19.4. The number of hydrogen-bond acceptors (Lipinski definition) is 4. The molecule has 2 atom stereocenters. The lowest BCUT2D eigenvalue weighted by Gasteiger charge is -2.32. The van der Waals surface area contributed by atoms with Gasteiger partial charge in [0.1, 0.15) is 23.5 Å². The minimum absolute atomic E-state index is 0.0705. The van der Waals surface area contributed by atoms with Crippen molar-refractivity contribution < 1.29 is 41.0 Å². The number of nitrogens with one attached hydrogen (secondary N) is 1. The lowest BCUT2D eigenvalue weighted by molar-refractivity contribution is -0.139. The Hall–Kier alpha value is -4.57. The lowest BCUT2D eigenvalue weighted by Crippen LogP contribution is -2.41. The van der Waals surface area contributed by atoms with E-state index in [1.165, 1.54) is 20.8 Å². The molecule has 0 spiro atoms. The fraction of sp³-hybridized carbons (Fsp3) is 0.447. The molecule has 7 nitrogen and oxygen atoms in total. The zero-order chi connectivity index (χ0) is 37.9. The number of pyridine rings is 1. The van der Waals surface area contributed by atoms with E-state index in [1.807, 2.05) is 11.9 Å². The first kappa shape index (κ1) is 39.2. The lowest BCUT2D eigenvalue weighted by atomic mass is 9.87. The zero-order valence-corrected chi connectivity index (χ0v) is 29.3. The van der Waals surface area contributed by atoms with Crippen molar-refractivity contribution in [2.24, 2.45) is 5.92 Å². The first-order valence-corrected chi connectivity index (χ1v) is 16.6. The Morgan fingerprint density at radius 3 is 2.16 bits per heavy atom. The van der Waals surface area contributed by atoms with Gasteiger partial charge in [0.2, 0.25) is 5.91 Å². The Morgan fingerprint density at radius 2 is 1.63 bits per heavy atom. The van der Waals surface area contributed by atoms with Gasteiger partial charge in [-0.1, -0.05) is 19.8 Å². The first-order valence-electron chi connectivity index (χ1n) is 16.6. The second-order valence-electron chi connectivity index (χ2n) is 13.6. The number of carbonyl (C=O) groups excluding carboxylic acids is 1. The number of alkyl halides is 3. The minimum Gasteiger partial charge on any atom is -0.481 e. The number of aliphatic carboxylic acids is 1. The highest BCUT2D eigenvalue weighted by molar-refractivity contribution is 5.83. The molecule has 0 bridgehead atoms. The molecule has 274 valence electrons. The quantitative estimate of drug-likeness (QED) is 0.166. The van der Waals surface area contributed by atoms with E-state index in [0.29, 0.717) is 43.1 Å². The van der Waals surface area contributed by atoms with Gasteiger partial charge in [-0.15, -0.1) is 5.92 Å². The molecule has 0 radical (unpaired) electrons. The third kappa shape index (κ3) is 8.84. The number of aromatic nitrogens is 1. The van der Waals surface area contributed by atoms with Gasteiger partial charge in [0, 0.05) is 29.0 Å². The van der Waals surface area contributed by atoms with Crippen molar-refractivity contribution in [2.75, 3.05) is 20.1 Å². The average molecular weight is 718 g/mol. The van der Waals surface area contributed by atoms with E-state index in [0.717, 1.165) is 29.0 Å². The number of benzene rings is 2. The minimum atomic E-state index is -4.85. The molecule has 1 saturated heterocycles. The maximum absolute atomic E-state index is 16.7. The third-order valence-corrected chi connectivity index (χ3v) is 9.21. The van der Waals surface area contributed by atoms with Gasteiger partial charge in [0.05, 0.1) is 18.0 Å². The number of rotatable bonds is 10. The highest BCUT2D eigenvalue weighted by Gasteiger charge is 2.39. The summed E-state index contributed by atoms with van der Waals surface area (Å²) in [5.74, 6) is -1.20. The first-order chi connectivity index (χ1) is 23.8. The number of hydrogen-bond donors (Lipinski definition) is 2. The van der Waals surface area contributed by atoms with Gasteiger partial charge in [0.15, 0.2) is 0 Å². The van der Waals surface area contributed by atoms with Crippen molar-refractivity contribution in [3.8, 4) is 23.0 Å². The number of aryl methyl sites for hydroxylation is 2. The topological polar surface area (TPSA) is 91.6 Å². The van der Waals surface area contributed by atoms with Crippen LogP contribution in [0.15, 0.2) is 35.3 Å². The molecular weight excluding hydrogens is 676 g/mol. The molecule has 13 heteroatoms. The van der Waals surface area contributed by atoms with Crippen molar-refractivity contribution in [3.63, 3.8) is 0 Å². The van der Waals surface area contributed by atoms with Crippen LogP contribution in [0.25, 0.3) is 11.1 Å². The van der Waals surface area contributed by atoms with Gasteiger partial charge in [0.25, 0.3) is 5.56 Å². The fourth-order valence-electron chi connectivity index (χ4n) is 6.90. The molecule has 4 rings (SSSR count). The summed E-state index contributed by atoms with van der Waals surface area (Å²) in [6, 6.07) is 0.402. The van der Waals surface area contributed by atoms with Crippen LogP contribution in [0.1, 0.15) is 97.8 Å². The predicted molar refractivity (Wildman–Crippen MR) is 181 cm³/mol. The zero-order valence-electron chi connectivity index (χ0n) is 29.3. The molecular formula is C38H41F6N3O4. The van der Waals surface area contributed by atoms with Gasteiger partial charge >= 0.3 is 12.1 Å². The molecule has 2 N–H and O–H groups in total. The summed E-state index contributed by atoms with van der Waals surface area (Å²) >= 11 is 0. The van der Waals surface area contributed by atoms with E-state index in [-0.39, 0.29) is 34.6 Å². The van der Waals surface area contributed by atoms with Crippen LogP contribution in [0.2, 0.25) is 0 Å². The van der Waals surface area contributed by atoms with Crippen LogP contribution >= 0.6 is 0 Å². The van der Waals surface area contributed by atoms with Crippen LogP contribution in [0.5, 0.6) is 0 Å². The van der Waals surface area contributed by atoms with Crippen LogP contribution in [0, 0.1) is 49.1 Å². The largest absolute Gasteiger partial charge is 0.481 e. The molecule has 1 aliphatic heterocycles. The number of amides is 1. The Bertz CT molecular complexity index is 1910. The molecule has 3 aromatic rings. The normalized spacial score (nSPS) is 15.3. The van der Waals surface area contributed by atoms with E-state index in [1.54, 1.807) is 13.8 Å². The summed E-state index contributed by atoms with van der Waals surface area (Å²) in [6.45, 7) is 8.96. The molecule has 1 aliphatic rings. The average Bonchev–Trinajstić information content (AvgIpc) is 3.00. The van der Waals surface area contributed by atoms with Crippen LogP contribution in [0.3, 0.4) is 0 Å². The highest BCUT2D eigenvalue weighted by Crippen LogP contribution is 2.40. The Balaban J connectivity index is 1.88. The van der Waals surface area contributed by atoms with Crippen molar-refractivity contribution in [3.05, 3.63) is 91.6 Å². The Labute approximate surface area is 292 Å². The third-order valence-electron chi connectivity index (χ3n) is 9.21. The molecule has 1 aromatic heterocycles. The number of nitrogens with zero attached hydrogens (tertiary/aromatic N) is 2. The summed E-state index contributed by atoms with van der Waals surface area (Å²) in [6.07, 6.45) is -4.09. The summed E-state index contributed by atoms with van der Waals surface area (Å²) in [4.78, 5) is 41.5. The summed E-state index contributed by atoms with van der Waals surface area (Å²) < 4.78 is 90.5. The monoisotopic (exact) mass is 717 g/mol. The van der Waals surface area contributed by atoms with Crippen LogP contribution < -0.4 is 10.9 Å². The van der Waals surface area contributed by atoms with Gasteiger partial charge < -0.3 is 19.9 Å². The van der Waals surface area contributed by atoms with Gasteiger partial charge in [-0.05, 0) is 112 Å². The van der Waals surface area contributed by atoms with Gasteiger partial charge in [-0.3, -0.25) is 14.4 Å². The van der Waals surface area contributed by atoms with Crippen LogP contribution in [-0.2, 0) is 15.8 Å². The SMILES string of the molecule is CC#Cc1cc(F)c(C(CC(=O)O)NC(=O)C(CC(C)C)n2cc(C3CCN(C)CC3)c(C(F)(F)F)cc2=O)c(F)c1-c1c(C)cc(F)cc1C. The summed E-state index contributed by atoms with van der Waals surface area (Å²) in [5.41, 5.74) is -2.68. The van der Waals surface area contributed by atoms with E-state index >= 15 is 8.78 Å². The fourth-order valence-corrected chi connectivity index (χ4v) is 6.90. The molecule has 0 saturated carbocycles. The van der Waals surface area contributed by atoms with Crippen LogP contribution in [-0.4, -0.2) is 46.6 Å². The number of halogens is 6. The number of carboxylic acid groups (broad SMARTS) is 1. The molecule has 2 aromatic carbocycles. The number of carbonyl (C=O) groups is 2. The number of carboxylic acids is 1. The second kappa shape index (κ2) is 15.8. The standard InChI is InChI=1S/C38H41F6N3O4/c1-7-8-24-16-28(40)35(36(41)34(24)33-21(4)14-25(39)15-22(33)5)29(18-32(49)50)45-37(51)30(13-20(2)3)47-19-26(23-9-11-46(6)12-10-23)27(17-31(47)48)38(42,43)44/h14-17,19-20,23,29-30H,9-13,18H2,1-6H3,(H,45,51)(H,49,50). The van der Waals surface area contributed by atoms with E-state index in [2.05, 4.69) is 17.2 Å². The number of likely N-dealkylation sites (tertiary alicyclic amines) is 1. The Morgan fingerprint density at radius 1 is 1.02 bits per heavy atom. The van der Waals surface area contributed by atoms with E-state index in [4.69, 9.17) is 0 Å². The molecule has 1 amide bonds. The maximum Gasteiger partial charge on any atom is 0.416 e. The predicted octanol–water partition coefficient (Wildman–Crippen LogP) is 7.67. The molecule has 0 aliphatic carbocycles.